The molecule has 0 amide bonds. The molecule has 0 bridgehead atoms. The van der Waals surface area contributed by atoms with E-state index in [9.17, 15) is 0 Å². The predicted molar refractivity (Wildman–Crippen MR) is 208 cm³/mol. The number of hydrogen-bond acceptors (Lipinski definition) is 2. The highest BCUT2D eigenvalue weighted by molar-refractivity contribution is 5.70. The molecular weight excluding hydrogens is 619 g/mol. The second kappa shape index (κ2) is 11.3. The Kier molecular flexibility index (Phi) is 6.53. The van der Waals surface area contributed by atoms with Crippen LogP contribution in [0.1, 0.15) is 52.8 Å². The number of anilines is 1. The van der Waals surface area contributed by atoms with E-state index in [1.807, 2.05) is 0 Å². The van der Waals surface area contributed by atoms with Gasteiger partial charge in [0.1, 0.15) is 11.9 Å². The van der Waals surface area contributed by atoms with Crippen LogP contribution in [0.15, 0.2) is 193 Å². The van der Waals surface area contributed by atoms with Gasteiger partial charge in [0.25, 0.3) is 0 Å². The van der Waals surface area contributed by atoms with Crippen molar-refractivity contribution < 1.29 is 4.74 Å². The number of ether oxygens (including phenoxy) is 1. The minimum absolute atomic E-state index is 0.0798. The Balaban J connectivity index is 1.07. The Morgan fingerprint density at radius 2 is 1.35 bits per heavy atom. The number of allylic oxidation sites excluding steroid dienone is 15. The lowest BCUT2D eigenvalue weighted by molar-refractivity contribution is 0.265. The highest BCUT2D eigenvalue weighted by atomic mass is 16.5. The molecule has 1 aliphatic heterocycles. The molecule has 0 radical (unpaired) electrons. The maximum Gasteiger partial charge on any atom is 0.128 e. The molecule has 9 unspecified atom stereocenters. The molecule has 248 valence electrons. The second-order valence-corrected chi connectivity index (χ2v) is 15.4. The van der Waals surface area contributed by atoms with Crippen LogP contribution in [0.25, 0.3) is 0 Å². The topological polar surface area (TPSA) is 12.5 Å². The van der Waals surface area contributed by atoms with Gasteiger partial charge < -0.3 is 9.64 Å². The van der Waals surface area contributed by atoms with Crippen LogP contribution < -0.4 is 9.64 Å². The van der Waals surface area contributed by atoms with Crippen molar-refractivity contribution in [1.29, 1.82) is 0 Å². The number of benzene rings is 3. The third-order valence-corrected chi connectivity index (χ3v) is 13.1. The fourth-order valence-electron chi connectivity index (χ4n) is 11.1. The van der Waals surface area contributed by atoms with Gasteiger partial charge in [-0.15, -0.1) is 0 Å². The minimum Gasteiger partial charge on any atom is -0.485 e. The van der Waals surface area contributed by atoms with Crippen molar-refractivity contribution in [3.63, 3.8) is 0 Å². The molecule has 2 nitrogen and oxygen atoms in total. The summed E-state index contributed by atoms with van der Waals surface area (Å²) in [7, 11) is 0. The molecule has 1 spiro atoms. The zero-order chi connectivity index (χ0) is 33.5. The van der Waals surface area contributed by atoms with Gasteiger partial charge in [0.2, 0.25) is 0 Å². The lowest BCUT2D eigenvalue weighted by atomic mass is 9.59. The molecule has 1 heterocycles. The zero-order valence-electron chi connectivity index (χ0n) is 28.6. The number of rotatable bonds is 4. The van der Waals surface area contributed by atoms with Crippen LogP contribution in [-0.4, -0.2) is 12.1 Å². The van der Waals surface area contributed by atoms with Crippen LogP contribution in [0.5, 0.6) is 5.75 Å². The monoisotopic (exact) mass is 659 g/mol. The Labute approximate surface area is 301 Å². The molecule has 8 aliphatic rings. The third-order valence-electron chi connectivity index (χ3n) is 13.1. The van der Waals surface area contributed by atoms with E-state index in [0.29, 0.717) is 23.7 Å². The van der Waals surface area contributed by atoms with Crippen LogP contribution in [0.3, 0.4) is 0 Å². The molecule has 0 saturated carbocycles. The fourth-order valence-corrected chi connectivity index (χ4v) is 11.1. The molecule has 0 aromatic heterocycles. The van der Waals surface area contributed by atoms with Crippen LogP contribution >= 0.6 is 0 Å². The fraction of sp³-hybridized carbons (Fsp3) is 0.224. The Bertz CT molecular complexity index is 2240. The number of para-hydroxylation sites is 1. The van der Waals surface area contributed by atoms with Crippen molar-refractivity contribution in [3.05, 3.63) is 215 Å². The van der Waals surface area contributed by atoms with E-state index in [-0.39, 0.29) is 29.4 Å². The molecule has 7 aliphatic carbocycles. The largest absolute Gasteiger partial charge is 0.485 e. The number of nitrogens with zero attached hydrogens (tertiary/aromatic N) is 1. The van der Waals surface area contributed by atoms with Crippen LogP contribution in [0.2, 0.25) is 0 Å². The molecule has 0 saturated heterocycles. The van der Waals surface area contributed by atoms with Gasteiger partial charge in [-0.25, -0.2) is 0 Å². The van der Waals surface area contributed by atoms with Crippen LogP contribution in [0.4, 0.5) is 5.69 Å². The van der Waals surface area contributed by atoms with E-state index in [2.05, 4.69) is 181 Å². The summed E-state index contributed by atoms with van der Waals surface area (Å²) < 4.78 is 6.94. The molecule has 3 aromatic rings. The minimum atomic E-state index is -0.158. The normalized spacial score (nSPS) is 33.8. The number of fused-ring (bicyclic) bond motifs is 13. The summed E-state index contributed by atoms with van der Waals surface area (Å²) in [4.78, 5) is 2.62. The molecule has 2 heteroatoms. The van der Waals surface area contributed by atoms with Crippen LogP contribution in [0, 0.1) is 17.8 Å². The summed E-state index contributed by atoms with van der Waals surface area (Å²) in [5.74, 6) is 3.10. The van der Waals surface area contributed by atoms with Gasteiger partial charge in [-0.2, -0.15) is 0 Å². The van der Waals surface area contributed by atoms with E-state index in [4.69, 9.17) is 4.74 Å². The van der Waals surface area contributed by atoms with Crippen LogP contribution in [-0.2, 0) is 5.41 Å². The van der Waals surface area contributed by atoms with E-state index in [1.54, 1.807) is 5.57 Å². The Hall–Kier alpha value is -5.34. The summed E-state index contributed by atoms with van der Waals surface area (Å²) in [6.45, 7) is 0. The highest BCUT2D eigenvalue weighted by Gasteiger charge is 2.63. The van der Waals surface area contributed by atoms with Crippen molar-refractivity contribution in [2.24, 2.45) is 17.8 Å². The molecule has 11 rings (SSSR count). The van der Waals surface area contributed by atoms with Crippen molar-refractivity contribution in [3.8, 4) is 5.75 Å². The van der Waals surface area contributed by atoms with E-state index in [0.717, 1.165) is 18.6 Å². The highest BCUT2D eigenvalue weighted by Crippen LogP contribution is 2.70. The van der Waals surface area contributed by atoms with Gasteiger partial charge in [-0.3, -0.25) is 0 Å². The van der Waals surface area contributed by atoms with Gasteiger partial charge in [-0.05, 0) is 53.8 Å². The van der Waals surface area contributed by atoms with Gasteiger partial charge in [0.05, 0.1) is 6.04 Å². The van der Waals surface area contributed by atoms with Gasteiger partial charge in [-0.1, -0.05) is 157 Å². The Morgan fingerprint density at radius 1 is 0.647 bits per heavy atom. The third kappa shape index (κ3) is 4.17. The summed E-state index contributed by atoms with van der Waals surface area (Å²) in [6, 6.07) is 27.2. The second-order valence-electron chi connectivity index (χ2n) is 15.4. The zero-order valence-corrected chi connectivity index (χ0v) is 28.6. The molecule has 51 heavy (non-hydrogen) atoms. The number of hydrogen-bond donors (Lipinski definition) is 0. The summed E-state index contributed by atoms with van der Waals surface area (Å²) in [5, 5.41) is 0. The maximum absolute atomic E-state index is 6.94. The summed E-state index contributed by atoms with van der Waals surface area (Å²) in [6.07, 6.45) is 42.4. The van der Waals surface area contributed by atoms with Crippen molar-refractivity contribution in [2.45, 2.75) is 48.2 Å². The van der Waals surface area contributed by atoms with Gasteiger partial charge in [0, 0.05) is 63.4 Å². The standard InChI is InChI=1S/C49H41NO/c1-3-14-32(15-4-1)33-16-13-19-35(30-33)50(34-17-5-2-6-18-34)36-26-27-38-37-20-7-10-23-42(37)49(45(38)31-36)43-24-11-8-22-41(43)47-44(49)29-28-40-39-21-9-12-25-46(39)51-48(40)47/h1-15,17-30,33,36-37,39,41-43,46H,16,31H2. The lowest BCUT2D eigenvalue weighted by Gasteiger charge is -2.44. The first kappa shape index (κ1) is 29.4. The van der Waals surface area contributed by atoms with Crippen molar-refractivity contribution >= 4 is 5.69 Å². The van der Waals surface area contributed by atoms with Gasteiger partial charge >= 0.3 is 0 Å². The first-order valence-electron chi connectivity index (χ1n) is 18.9. The average Bonchev–Trinajstić information content (AvgIpc) is 3.83. The van der Waals surface area contributed by atoms with E-state index >= 15 is 0 Å². The smallest absolute Gasteiger partial charge is 0.128 e. The summed E-state index contributed by atoms with van der Waals surface area (Å²) >= 11 is 0. The Morgan fingerprint density at radius 3 is 2.18 bits per heavy atom. The van der Waals surface area contributed by atoms with Crippen molar-refractivity contribution in [1.82, 2.24) is 0 Å². The molecular formula is C49H41NO. The molecule has 0 fully saturated rings. The summed E-state index contributed by atoms with van der Waals surface area (Å²) in [5.41, 5.74) is 11.1. The average molecular weight is 660 g/mol. The van der Waals surface area contributed by atoms with E-state index < -0.39 is 0 Å². The maximum atomic E-state index is 6.94. The van der Waals surface area contributed by atoms with Crippen molar-refractivity contribution in [2.75, 3.05) is 4.90 Å². The SMILES string of the molecule is C1=CC2Oc3c(ccc4c3C3C=CC=CC3C43C4=C(C=CC(N(C5=CC(c6ccccc6)CC=C5)c5ccccc5)C4)C4C=CC=CC43)C2C=C1. The quantitative estimate of drug-likeness (QED) is 0.276. The molecule has 3 aromatic carbocycles. The first-order valence-corrected chi connectivity index (χ1v) is 18.9. The predicted octanol–water partition coefficient (Wildman–Crippen LogP) is 10.9. The van der Waals surface area contributed by atoms with Gasteiger partial charge in [0.15, 0.2) is 0 Å². The molecule has 0 N–H and O–H groups in total. The molecule has 9 atom stereocenters. The first-order chi connectivity index (χ1) is 25.3. The van der Waals surface area contributed by atoms with E-state index in [1.165, 1.54) is 39.2 Å². The lowest BCUT2D eigenvalue weighted by Crippen LogP contribution is -2.43.